The first-order valence-corrected chi connectivity index (χ1v) is 14.3. The molecule has 5 rings (SSSR count). The third-order valence-electron chi connectivity index (χ3n) is 8.66. The van der Waals surface area contributed by atoms with Crippen LogP contribution in [-0.4, -0.2) is 73.6 Å². The zero-order valence-corrected chi connectivity index (χ0v) is 24.2. The van der Waals surface area contributed by atoms with Crippen LogP contribution in [0.25, 0.3) is 0 Å². The lowest BCUT2D eigenvalue weighted by Crippen LogP contribution is -2.59. The molecule has 40 heavy (non-hydrogen) atoms. The van der Waals surface area contributed by atoms with Crippen LogP contribution in [-0.2, 0) is 35.0 Å². The first-order valence-electron chi connectivity index (χ1n) is 14.3. The van der Waals surface area contributed by atoms with Gasteiger partial charge in [-0.2, -0.15) is 0 Å². The van der Waals surface area contributed by atoms with E-state index in [0.29, 0.717) is 32.7 Å². The number of hydrogen-bond acceptors (Lipinski definition) is 8. The Morgan fingerprint density at radius 1 is 1.02 bits per heavy atom. The molecule has 0 saturated carbocycles. The summed E-state index contributed by atoms with van der Waals surface area (Å²) in [6.45, 7) is 19.9. The second kappa shape index (κ2) is 11.7. The van der Waals surface area contributed by atoms with Gasteiger partial charge in [-0.1, -0.05) is 38.8 Å². The smallest absolute Gasteiger partial charge is 0.192 e. The second-order valence-electron chi connectivity index (χ2n) is 11.9. The molecule has 0 radical (unpaired) electrons. The predicted molar refractivity (Wildman–Crippen MR) is 150 cm³/mol. The largest absolute Gasteiger partial charge is 0.497 e. The molecular formula is C32H44O8. The minimum absolute atomic E-state index is 0.148. The Labute approximate surface area is 237 Å². The molecule has 220 valence electrons. The van der Waals surface area contributed by atoms with Gasteiger partial charge in [0.25, 0.3) is 0 Å². The maximum Gasteiger partial charge on any atom is 0.192 e. The van der Waals surface area contributed by atoms with E-state index in [-0.39, 0.29) is 18.1 Å². The molecule has 0 aliphatic carbocycles. The van der Waals surface area contributed by atoms with E-state index in [2.05, 4.69) is 19.7 Å². The summed E-state index contributed by atoms with van der Waals surface area (Å²) in [5.41, 5.74) is 3.62. The van der Waals surface area contributed by atoms with E-state index in [1.54, 1.807) is 7.11 Å². The van der Waals surface area contributed by atoms with Crippen LogP contribution >= 0.6 is 0 Å². The Kier molecular flexibility index (Phi) is 8.60. The lowest BCUT2D eigenvalue weighted by Gasteiger charge is -2.51. The van der Waals surface area contributed by atoms with Crippen molar-refractivity contribution >= 4 is 0 Å². The molecule has 1 unspecified atom stereocenters. The van der Waals surface area contributed by atoms with E-state index in [1.165, 1.54) is 0 Å². The van der Waals surface area contributed by atoms with Gasteiger partial charge in [0, 0.05) is 12.3 Å². The van der Waals surface area contributed by atoms with E-state index < -0.39 is 36.0 Å². The van der Waals surface area contributed by atoms with Gasteiger partial charge >= 0.3 is 0 Å². The third kappa shape index (κ3) is 5.95. The topological polar surface area (TPSA) is 84.8 Å². The highest BCUT2D eigenvalue weighted by Gasteiger charge is 2.53. The number of aliphatic hydroxyl groups excluding tert-OH is 1. The van der Waals surface area contributed by atoms with E-state index in [0.717, 1.165) is 40.9 Å². The van der Waals surface area contributed by atoms with E-state index in [9.17, 15) is 5.11 Å². The van der Waals surface area contributed by atoms with Crippen molar-refractivity contribution in [1.29, 1.82) is 0 Å². The van der Waals surface area contributed by atoms with Crippen molar-refractivity contribution in [3.63, 3.8) is 0 Å². The fourth-order valence-corrected chi connectivity index (χ4v) is 6.09. The van der Waals surface area contributed by atoms with Crippen LogP contribution < -0.4 is 4.74 Å². The van der Waals surface area contributed by atoms with Gasteiger partial charge in [-0.15, -0.1) is 0 Å². The van der Waals surface area contributed by atoms with Gasteiger partial charge in [0.05, 0.1) is 39.1 Å². The second-order valence-corrected chi connectivity index (χ2v) is 11.9. The highest BCUT2D eigenvalue weighted by Crippen LogP contribution is 2.47. The Hall–Kier alpha value is -2.04. The van der Waals surface area contributed by atoms with Crippen LogP contribution in [0.5, 0.6) is 5.75 Å². The average molecular weight is 557 g/mol. The minimum atomic E-state index is -0.983. The summed E-state index contributed by atoms with van der Waals surface area (Å²) in [6, 6.07) is 7.83. The molecule has 8 nitrogen and oxygen atoms in total. The molecule has 1 aromatic rings. The Bertz CT molecular complexity index is 1100. The van der Waals surface area contributed by atoms with Gasteiger partial charge in [0.15, 0.2) is 11.6 Å². The number of rotatable bonds is 7. The Morgan fingerprint density at radius 2 is 1.77 bits per heavy atom. The molecule has 0 aromatic heterocycles. The summed E-state index contributed by atoms with van der Waals surface area (Å²) in [7, 11) is 1.65. The van der Waals surface area contributed by atoms with E-state index in [4.69, 9.17) is 33.2 Å². The van der Waals surface area contributed by atoms with Crippen molar-refractivity contribution in [1.82, 2.24) is 0 Å². The zero-order chi connectivity index (χ0) is 28.7. The highest BCUT2D eigenvalue weighted by molar-refractivity contribution is 5.27. The number of hydrogen-bond donors (Lipinski definition) is 1. The van der Waals surface area contributed by atoms with Gasteiger partial charge < -0.3 is 38.3 Å². The molecule has 4 aliphatic heterocycles. The summed E-state index contributed by atoms with van der Waals surface area (Å²) in [6.07, 6.45) is -0.116. The molecule has 8 heteroatoms. The first-order chi connectivity index (χ1) is 19.0. The molecule has 1 spiro atoms. The van der Waals surface area contributed by atoms with Crippen molar-refractivity contribution in [3.8, 4) is 5.75 Å². The fourth-order valence-electron chi connectivity index (χ4n) is 6.09. The average Bonchev–Trinajstić information content (AvgIpc) is 3.30. The Balaban J connectivity index is 1.26. The number of ether oxygens (including phenoxy) is 7. The van der Waals surface area contributed by atoms with Crippen LogP contribution in [0.4, 0.5) is 0 Å². The van der Waals surface area contributed by atoms with Crippen molar-refractivity contribution in [2.24, 2.45) is 5.92 Å². The quantitative estimate of drug-likeness (QED) is 0.477. The van der Waals surface area contributed by atoms with Crippen molar-refractivity contribution < 1.29 is 38.3 Å². The summed E-state index contributed by atoms with van der Waals surface area (Å²) in [5, 5.41) is 11.3. The standard InChI is InChI=1S/C32H44O8/c1-19-14-15-32(20(2)8-11-25(38-32)17-35-16-23-9-12-24(34-7)13-10-23)40-28(19)30-27(33)21(3)22(4)29(37-30)26-18-36-31(5,6)39-26/h9-10,12-13,21,25-30,33H,1-2,4,8,11,14-18H2,3,5-7H3/t21-,25+,26?,27+,28+,29-,30-,32-/m1/s1. The predicted octanol–water partition coefficient (Wildman–Crippen LogP) is 4.85. The van der Waals surface area contributed by atoms with Crippen LogP contribution in [0.3, 0.4) is 0 Å². The number of methoxy groups -OCH3 is 1. The third-order valence-corrected chi connectivity index (χ3v) is 8.66. The van der Waals surface area contributed by atoms with Gasteiger partial charge in [-0.3, -0.25) is 0 Å². The van der Waals surface area contributed by atoms with Crippen molar-refractivity contribution in [3.05, 3.63) is 66.3 Å². The summed E-state index contributed by atoms with van der Waals surface area (Å²) < 4.78 is 43.0. The van der Waals surface area contributed by atoms with Crippen LogP contribution in [0.2, 0.25) is 0 Å². The highest BCUT2D eigenvalue weighted by atomic mass is 16.8. The van der Waals surface area contributed by atoms with Gasteiger partial charge in [-0.05, 0) is 67.5 Å². The zero-order valence-electron chi connectivity index (χ0n) is 24.2. The molecule has 4 fully saturated rings. The van der Waals surface area contributed by atoms with Crippen LogP contribution in [0.15, 0.2) is 60.7 Å². The summed E-state index contributed by atoms with van der Waals surface area (Å²) in [5.74, 6) is -1.09. The fraction of sp³-hybridized carbons (Fsp3) is 0.625. The maximum absolute atomic E-state index is 11.3. The number of benzene rings is 1. The molecule has 1 aromatic carbocycles. The Morgan fingerprint density at radius 3 is 2.45 bits per heavy atom. The molecular weight excluding hydrogens is 512 g/mol. The lowest BCUT2D eigenvalue weighted by atomic mass is 9.79. The van der Waals surface area contributed by atoms with Crippen LogP contribution in [0, 0.1) is 5.92 Å². The minimum Gasteiger partial charge on any atom is -0.497 e. The van der Waals surface area contributed by atoms with Crippen LogP contribution in [0.1, 0.15) is 52.0 Å². The van der Waals surface area contributed by atoms with Crippen molar-refractivity contribution in [2.75, 3.05) is 20.3 Å². The van der Waals surface area contributed by atoms with Gasteiger partial charge in [0.1, 0.15) is 30.2 Å². The molecule has 1 N–H and O–H groups in total. The lowest BCUT2D eigenvalue weighted by molar-refractivity contribution is -0.306. The van der Waals surface area contributed by atoms with Gasteiger partial charge in [0.2, 0.25) is 0 Å². The SMILES string of the molecule is C=C1[C@H](C2COC(C)(C)O2)O[C@@H]([C@H]2O[C@@]3(CCC2=C)O[C@H](COCc2ccc(OC)cc2)CCC3=C)[C@@H](O)[C@@H]1C. The molecule has 4 saturated heterocycles. The monoisotopic (exact) mass is 556 g/mol. The molecule has 4 heterocycles. The van der Waals surface area contributed by atoms with E-state index >= 15 is 0 Å². The first kappa shape index (κ1) is 29.5. The molecule has 8 atom stereocenters. The number of aliphatic hydroxyl groups is 1. The van der Waals surface area contributed by atoms with Gasteiger partial charge in [-0.25, -0.2) is 0 Å². The maximum atomic E-state index is 11.3. The molecule has 0 amide bonds. The van der Waals surface area contributed by atoms with Crippen molar-refractivity contribution in [2.45, 2.75) is 101 Å². The summed E-state index contributed by atoms with van der Waals surface area (Å²) >= 11 is 0. The normalized spacial score (nSPS) is 38.1. The molecule has 4 aliphatic rings. The molecule has 0 bridgehead atoms. The van der Waals surface area contributed by atoms with E-state index in [1.807, 2.05) is 45.0 Å². The summed E-state index contributed by atoms with van der Waals surface area (Å²) in [4.78, 5) is 0.